The molecule has 0 saturated carbocycles. The standard InChI is InChI=1S/C17H21N3O3/c1-4-23-17(22)13-5-7-15(8-6-13)20-16(21)14(9-18)11-19-10-12(2)3/h5-8,11-12,19H,4,10H2,1-3H3,(H,20,21)/b14-11-. The number of benzene rings is 1. The lowest BCUT2D eigenvalue weighted by Crippen LogP contribution is -2.19. The fraction of sp³-hybridized carbons (Fsp3) is 0.353. The molecule has 122 valence electrons. The van der Waals surface area contributed by atoms with Crippen molar-refractivity contribution in [1.82, 2.24) is 5.32 Å². The van der Waals surface area contributed by atoms with Gasteiger partial charge in [0, 0.05) is 18.4 Å². The van der Waals surface area contributed by atoms with E-state index in [0.717, 1.165) is 0 Å². The number of amides is 1. The molecular formula is C17H21N3O3. The molecule has 1 rings (SSSR count). The number of hydrogen-bond acceptors (Lipinski definition) is 5. The minimum absolute atomic E-state index is 0.0138. The number of carbonyl (C=O) groups excluding carboxylic acids is 2. The van der Waals surface area contributed by atoms with Gasteiger partial charge in [0.1, 0.15) is 11.6 Å². The van der Waals surface area contributed by atoms with Gasteiger partial charge in [-0.1, -0.05) is 13.8 Å². The van der Waals surface area contributed by atoms with Gasteiger partial charge in [0.2, 0.25) is 0 Å². The maximum atomic E-state index is 12.0. The van der Waals surface area contributed by atoms with Gasteiger partial charge < -0.3 is 15.4 Å². The van der Waals surface area contributed by atoms with E-state index in [9.17, 15) is 9.59 Å². The van der Waals surface area contributed by atoms with Gasteiger partial charge in [-0.3, -0.25) is 4.79 Å². The average Bonchev–Trinajstić information content (AvgIpc) is 2.52. The van der Waals surface area contributed by atoms with Crippen LogP contribution < -0.4 is 10.6 Å². The highest BCUT2D eigenvalue weighted by Crippen LogP contribution is 2.11. The maximum Gasteiger partial charge on any atom is 0.338 e. The third kappa shape index (κ3) is 6.22. The summed E-state index contributed by atoms with van der Waals surface area (Å²) in [4.78, 5) is 23.5. The molecule has 0 aliphatic carbocycles. The second-order valence-corrected chi connectivity index (χ2v) is 5.22. The molecule has 1 amide bonds. The molecule has 0 heterocycles. The Morgan fingerprint density at radius 3 is 2.48 bits per heavy atom. The molecule has 0 bridgehead atoms. The summed E-state index contributed by atoms with van der Waals surface area (Å²) < 4.78 is 4.88. The summed E-state index contributed by atoms with van der Waals surface area (Å²) in [5.74, 6) is -0.516. The van der Waals surface area contributed by atoms with Crippen LogP contribution in [0.1, 0.15) is 31.1 Å². The van der Waals surface area contributed by atoms with E-state index in [2.05, 4.69) is 10.6 Å². The molecule has 0 unspecified atom stereocenters. The minimum Gasteiger partial charge on any atom is -0.462 e. The van der Waals surface area contributed by atoms with Crippen molar-refractivity contribution >= 4 is 17.6 Å². The molecule has 0 atom stereocenters. The first-order chi connectivity index (χ1) is 11.0. The van der Waals surface area contributed by atoms with Crippen LogP contribution in [0.4, 0.5) is 5.69 Å². The number of hydrogen-bond donors (Lipinski definition) is 2. The Morgan fingerprint density at radius 1 is 1.30 bits per heavy atom. The maximum absolute atomic E-state index is 12.0. The second-order valence-electron chi connectivity index (χ2n) is 5.22. The first-order valence-corrected chi connectivity index (χ1v) is 7.40. The molecule has 0 aliphatic heterocycles. The highest BCUT2D eigenvalue weighted by atomic mass is 16.5. The van der Waals surface area contributed by atoms with Crippen molar-refractivity contribution in [2.75, 3.05) is 18.5 Å². The predicted octanol–water partition coefficient (Wildman–Crippen LogP) is 2.45. The van der Waals surface area contributed by atoms with Gasteiger partial charge in [0.15, 0.2) is 0 Å². The van der Waals surface area contributed by atoms with Crippen molar-refractivity contribution in [2.45, 2.75) is 20.8 Å². The Bertz CT molecular complexity index is 613. The highest BCUT2D eigenvalue weighted by Gasteiger charge is 2.10. The largest absolute Gasteiger partial charge is 0.462 e. The van der Waals surface area contributed by atoms with Crippen LogP contribution in [0.25, 0.3) is 0 Å². The molecule has 1 aromatic rings. The zero-order valence-corrected chi connectivity index (χ0v) is 13.6. The van der Waals surface area contributed by atoms with Crippen molar-refractivity contribution in [2.24, 2.45) is 5.92 Å². The monoisotopic (exact) mass is 315 g/mol. The molecule has 23 heavy (non-hydrogen) atoms. The lowest BCUT2D eigenvalue weighted by Gasteiger charge is -2.07. The van der Waals surface area contributed by atoms with Crippen molar-refractivity contribution < 1.29 is 14.3 Å². The van der Waals surface area contributed by atoms with Crippen LogP contribution in [0.2, 0.25) is 0 Å². The fourth-order valence-corrected chi connectivity index (χ4v) is 1.65. The number of carbonyl (C=O) groups is 2. The molecule has 0 saturated heterocycles. The molecule has 0 radical (unpaired) electrons. The third-order valence-electron chi connectivity index (χ3n) is 2.79. The van der Waals surface area contributed by atoms with Crippen molar-refractivity contribution in [3.63, 3.8) is 0 Å². The third-order valence-corrected chi connectivity index (χ3v) is 2.79. The van der Waals surface area contributed by atoms with Crippen molar-refractivity contribution in [1.29, 1.82) is 5.26 Å². The molecule has 2 N–H and O–H groups in total. The second kappa shape index (κ2) is 9.26. The minimum atomic E-state index is -0.507. The fourth-order valence-electron chi connectivity index (χ4n) is 1.65. The van der Waals surface area contributed by atoms with Crippen molar-refractivity contribution in [3.8, 4) is 6.07 Å². The van der Waals surface area contributed by atoms with Crippen molar-refractivity contribution in [3.05, 3.63) is 41.6 Å². The number of nitrogens with one attached hydrogen (secondary N) is 2. The number of rotatable bonds is 7. The van der Waals surface area contributed by atoms with E-state index in [1.54, 1.807) is 31.2 Å². The first-order valence-electron chi connectivity index (χ1n) is 7.40. The molecule has 0 aromatic heterocycles. The summed E-state index contributed by atoms with van der Waals surface area (Å²) in [5.41, 5.74) is 0.882. The molecule has 0 aliphatic rings. The number of nitriles is 1. The van der Waals surface area contributed by atoms with Gasteiger partial charge >= 0.3 is 5.97 Å². The molecular weight excluding hydrogens is 294 g/mol. The smallest absolute Gasteiger partial charge is 0.338 e. The molecule has 6 heteroatoms. The summed E-state index contributed by atoms with van der Waals surface area (Å²) in [7, 11) is 0. The van der Waals surface area contributed by atoms with Crippen LogP contribution in [-0.4, -0.2) is 25.0 Å². The van der Waals surface area contributed by atoms with Gasteiger partial charge in [-0.2, -0.15) is 5.26 Å². The number of esters is 1. The lowest BCUT2D eigenvalue weighted by molar-refractivity contribution is -0.112. The van der Waals surface area contributed by atoms with Crippen LogP contribution in [-0.2, 0) is 9.53 Å². The average molecular weight is 315 g/mol. The van der Waals surface area contributed by atoms with E-state index >= 15 is 0 Å². The SMILES string of the molecule is CCOC(=O)c1ccc(NC(=O)/C(C#N)=C\NCC(C)C)cc1. The van der Waals surface area contributed by atoms with E-state index in [4.69, 9.17) is 10.00 Å². The van der Waals surface area contributed by atoms with E-state index in [0.29, 0.717) is 30.3 Å². The molecule has 0 fully saturated rings. The number of ether oxygens (including phenoxy) is 1. The van der Waals surface area contributed by atoms with Gasteiger partial charge in [0.05, 0.1) is 12.2 Å². The summed E-state index contributed by atoms with van der Waals surface area (Å²) in [6.45, 7) is 6.76. The summed E-state index contributed by atoms with van der Waals surface area (Å²) in [5, 5.41) is 14.6. The van der Waals surface area contributed by atoms with Crippen LogP contribution in [0, 0.1) is 17.2 Å². The Labute approximate surface area is 136 Å². The van der Waals surface area contributed by atoms with Gasteiger partial charge in [-0.05, 0) is 37.1 Å². The quantitative estimate of drug-likeness (QED) is 0.458. The van der Waals surface area contributed by atoms with Crippen LogP contribution in [0.5, 0.6) is 0 Å². The Balaban J connectivity index is 2.69. The molecule has 1 aromatic carbocycles. The van der Waals surface area contributed by atoms with Gasteiger partial charge in [0.25, 0.3) is 5.91 Å². The summed E-state index contributed by atoms with van der Waals surface area (Å²) in [6, 6.07) is 8.13. The van der Waals surface area contributed by atoms with Gasteiger partial charge in [-0.25, -0.2) is 4.79 Å². The highest BCUT2D eigenvalue weighted by molar-refractivity contribution is 6.06. The zero-order chi connectivity index (χ0) is 17.2. The van der Waals surface area contributed by atoms with Crippen LogP contribution >= 0.6 is 0 Å². The zero-order valence-electron chi connectivity index (χ0n) is 13.6. The van der Waals surface area contributed by atoms with E-state index in [1.165, 1.54) is 6.20 Å². The number of anilines is 1. The summed E-state index contributed by atoms with van der Waals surface area (Å²) in [6.07, 6.45) is 1.41. The Hall–Kier alpha value is -2.81. The predicted molar refractivity (Wildman–Crippen MR) is 87.6 cm³/mol. The lowest BCUT2D eigenvalue weighted by atomic mass is 10.2. The Kier molecular flexibility index (Phi) is 7.34. The summed E-state index contributed by atoms with van der Waals surface area (Å²) >= 11 is 0. The normalized spacial score (nSPS) is 10.8. The number of nitrogens with zero attached hydrogens (tertiary/aromatic N) is 1. The van der Waals surface area contributed by atoms with E-state index in [1.807, 2.05) is 19.9 Å². The topological polar surface area (TPSA) is 91.2 Å². The van der Waals surface area contributed by atoms with Gasteiger partial charge in [-0.15, -0.1) is 0 Å². The molecule has 0 spiro atoms. The first kappa shape index (κ1) is 18.2. The van der Waals surface area contributed by atoms with E-state index < -0.39 is 11.9 Å². The Morgan fingerprint density at radius 2 is 1.96 bits per heavy atom. The van der Waals surface area contributed by atoms with Crippen LogP contribution in [0.15, 0.2) is 36.0 Å². The van der Waals surface area contributed by atoms with Crippen LogP contribution in [0.3, 0.4) is 0 Å². The van der Waals surface area contributed by atoms with E-state index in [-0.39, 0.29) is 5.57 Å². The molecule has 6 nitrogen and oxygen atoms in total.